The Morgan fingerprint density at radius 3 is 2.72 bits per heavy atom. The van der Waals surface area contributed by atoms with Gasteiger partial charge >= 0.3 is 5.97 Å². The number of nitrogens with zero attached hydrogens (tertiary/aromatic N) is 1. The number of unbranched alkanes of at least 4 members (excludes halogenated alkanes) is 1. The van der Waals surface area contributed by atoms with Crippen LogP contribution in [-0.2, 0) is 14.8 Å². The largest absolute Gasteiger partial charge is 0.478 e. The van der Waals surface area contributed by atoms with Crippen LogP contribution in [-0.4, -0.2) is 48.0 Å². The van der Waals surface area contributed by atoms with Crippen LogP contribution in [0, 0.1) is 6.92 Å². The number of amides is 1. The average Bonchev–Trinajstić information content (AvgIpc) is 3.05. The Labute approximate surface area is 148 Å². The maximum Gasteiger partial charge on any atom is 0.336 e. The molecule has 1 aliphatic rings. The van der Waals surface area contributed by atoms with E-state index in [2.05, 4.69) is 5.32 Å². The first-order valence-electron chi connectivity index (χ1n) is 8.40. The molecule has 2 rings (SSSR count). The molecule has 1 aromatic rings. The first-order chi connectivity index (χ1) is 11.8. The van der Waals surface area contributed by atoms with Crippen LogP contribution in [0.2, 0.25) is 0 Å². The summed E-state index contributed by atoms with van der Waals surface area (Å²) in [5.41, 5.74) is 1.05. The normalized spacial score (nSPS) is 18.2. The van der Waals surface area contributed by atoms with Crippen LogP contribution in [0.25, 0.3) is 0 Å². The number of aromatic carboxylic acids is 1. The van der Waals surface area contributed by atoms with Gasteiger partial charge in [0.2, 0.25) is 15.9 Å². The van der Waals surface area contributed by atoms with Crippen molar-refractivity contribution in [3.8, 4) is 0 Å². The Balaban J connectivity index is 2.15. The van der Waals surface area contributed by atoms with Crippen molar-refractivity contribution in [1.82, 2.24) is 4.31 Å². The lowest BCUT2D eigenvalue weighted by Crippen LogP contribution is -2.44. The van der Waals surface area contributed by atoms with Crippen LogP contribution in [0.5, 0.6) is 0 Å². The van der Waals surface area contributed by atoms with Gasteiger partial charge in [-0.15, -0.1) is 0 Å². The monoisotopic (exact) mass is 368 g/mol. The van der Waals surface area contributed by atoms with Gasteiger partial charge in [-0.2, -0.15) is 4.31 Å². The zero-order valence-corrected chi connectivity index (χ0v) is 15.3. The third kappa shape index (κ3) is 4.58. The lowest BCUT2D eigenvalue weighted by atomic mass is 10.1. The predicted octanol–water partition coefficient (Wildman–Crippen LogP) is 2.23. The minimum atomic E-state index is -3.46. The summed E-state index contributed by atoms with van der Waals surface area (Å²) < 4.78 is 26.1. The molecule has 1 amide bonds. The Bertz CT molecular complexity index is 760. The highest BCUT2D eigenvalue weighted by molar-refractivity contribution is 7.89. The number of aryl methyl sites for hydroxylation is 1. The van der Waals surface area contributed by atoms with Gasteiger partial charge in [0, 0.05) is 12.2 Å². The molecule has 138 valence electrons. The van der Waals surface area contributed by atoms with Gasteiger partial charge in [0.15, 0.2) is 0 Å². The number of carboxylic acids is 1. The Morgan fingerprint density at radius 1 is 1.36 bits per heavy atom. The van der Waals surface area contributed by atoms with Crippen LogP contribution in [0.15, 0.2) is 18.2 Å². The number of sulfonamides is 1. The molecule has 2 N–H and O–H groups in total. The number of rotatable bonds is 7. The highest BCUT2D eigenvalue weighted by Crippen LogP contribution is 2.24. The maximum atomic E-state index is 12.5. The second-order valence-corrected chi connectivity index (χ2v) is 8.30. The van der Waals surface area contributed by atoms with E-state index in [-0.39, 0.29) is 11.3 Å². The number of carboxylic acid groups (broad SMARTS) is 1. The molecule has 1 aliphatic heterocycles. The van der Waals surface area contributed by atoms with Crippen molar-refractivity contribution in [2.24, 2.45) is 0 Å². The van der Waals surface area contributed by atoms with E-state index in [1.54, 1.807) is 19.1 Å². The van der Waals surface area contributed by atoms with Crippen molar-refractivity contribution >= 4 is 27.6 Å². The SMILES string of the molecule is CCCCS(=O)(=O)N1CCCC1C(=O)Nc1ccc(C)c(C(=O)O)c1. The molecule has 0 spiro atoms. The highest BCUT2D eigenvalue weighted by Gasteiger charge is 2.38. The Hall–Kier alpha value is -1.93. The number of nitrogens with one attached hydrogen (secondary N) is 1. The second kappa shape index (κ2) is 7.97. The molecule has 1 aromatic carbocycles. The highest BCUT2D eigenvalue weighted by atomic mass is 32.2. The van der Waals surface area contributed by atoms with Gasteiger partial charge in [0.25, 0.3) is 0 Å². The van der Waals surface area contributed by atoms with Gasteiger partial charge in [-0.25, -0.2) is 13.2 Å². The number of anilines is 1. The number of carbonyl (C=O) groups excluding carboxylic acids is 1. The molecular weight excluding hydrogens is 344 g/mol. The fraction of sp³-hybridized carbons (Fsp3) is 0.529. The van der Waals surface area contributed by atoms with Gasteiger partial charge in [-0.1, -0.05) is 19.4 Å². The molecule has 8 heteroatoms. The second-order valence-electron chi connectivity index (χ2n) is 6.26. The molecular formula is C17H24N2O5S. The summed E-state index contributed by atoms with van der Waals surface area (Å²) in [4.78, 5) is 23.7. The lowest BCUT2D eigenvalue weighted by Gasteiger charge is -2.23. The fourth-order valence-corrected chi connectivity index (χ4v) is 4.82. The van der Waals surface area contributed by atoms with E-state index in [4.69, 9.17) is 5.11 Å². The standard InChI is InChI=1S/C17H24N2O5S/c1-3-4-10-25(23,24)19-9-5-6-15(19)16(20)18-13-8-7-12(2)14(11-13)17(21)22/h7-8,11,15H,3-6,9-10H2,1-2H3,(H,18,20)(H,21,22). The molecule has 1 unspecified atom stereocenters. The molecule has 1 heterocycles. The maximum absolute atomic E-state index is 12.5. The minimum Gasteiger partial charge on any atom is -0.478 e. The fourth-order valence-electron chi connectivity index (χ4n) is 2.93. The molecule has 0 saturated carbocycles. The summed E-state index contributed by atoms with van der Waals surface area (Å²) >= 11 is 0. The summed E-state index contributed by atoms with van der Waals surface area (Å²) in [6.07, 6.45) is 2.44. The number of carbonyl (C=O) groups is 2. The number of hydrogen-bond acceptors (Lipinski definition) is 4. The first kappa shape index (κ1) is 19.4. The van der Waals surface area contributed by atoms with Gasteiger partial charge < -0.3 is 10.4 Å². The first-order valence-corrected chi connectivity index (χ1v) is 10.0. The Morgan fingerprint density at radius 2 is 2.08 bits per heavy atom. The molecule has 1 fully saturated rings. The van der Waals surface area contributed by atoms with E-state index in [1.165, 1.54) is 10.4 Å². The van der Waals surface area contributed by atoms with Crippen molar-refractivity contribution in [2.75, 3.05) is 17.6 Å². The molecule has 1 saturated heterocycles. The van der Waals surface area contributed by atoms with Crippen molar-refractivity contribution in [3.63, 3.8) is 0 Å². The topological polar surface area (TPSA) is 104 Å². The molecule has 25 heavy (non-hydrogen) atoms. The molecule has 1 atom stereocenters. The van der Waals surface area contributed by atoms with Crippen LogP contribution in [0.4, 0.5) is 5.69 Å². The summed E-state index contributed by atoms with van der Waals surface area (Å²) in [7, 11) is -3.46. The van der Waals surface area contributed by atoms with E-state index in [0.717, 1.165) is 6.42 Å². The van der Waals surface area contributed by atoms with Gasteiger partial charge in [0.05, 0.1) is 11.3 Å². The van der Waals surface area contributed by atoms with Gasteiger partial charge in [-0.05, 0) is 43.9 Å². The van der Waals surface area contributed by atoms with E-state index < -0.39 is 27.9 Å². The summed E-state index contributed by atoms with van der Waals surface area (Å²) in [5.74, 6) is -1.45. The van der Waals surface area contributed by atoms with E-state index >= 15 is 0 Å². The van der Waals surface area contributed by atoms with Gasteiger partial charge in [-0.3, -0.25) is 4.79 Å². The molecule has 7 nitrogen and oxygen atoms in total. The third-order valence-electron chi connectivity index (χ3n) is 4.35. The average molecular weight is 368 g/mol. The lowest BCUT2D eigenvalue weighted by molar-refractivity contribution is -0.119. The van der Waals surface area contributed by atoms with Crippen molar-refractivity contribution in [1.29, 1.82) is 0 Å². The summed E-state index contributed by atoms with van der Waals surface area (Å²) in [5, 5.41) is 11.8. The minimum absolute atomic E-state index is 0.0426. The quantitative estimate of drug-likeness (QED) is 0.768. The molecule has 0 bridgehead atoms. The number of benzene rings is 1. The molecule has 0 aromatic heterocycles. The van der Waals surface area contributed by atoms with Crippen LogP contribution in [0.1, 0.15) is 48.5 Å². The summed E-state index contributed by atoms with van der Waals surface area (Å²) in [6, 6.07) is 3.88. The summed E-state index contributed by atoms with van der Waals surface area (Å²) in [6.45, 7) is 3.94. The van der Waals surface area contributed by atoms with Crippen molar-refractivity contribution in [2.45, 2.75) is 45.6 Å². The Kier molecular flexibility index (Phi) is 6.18. The van der Waals surface area contributed by atoms with E-state index in [9.17, 15) is 18.0 Å². The van der Waals surface area contributed by atoms with E-state index in [0.29, 0.717) is 37.1 Å². The third-order valence-corrected chi connectivity index (χ3v) is 6.31. The zero-order valence-electron chi connectivity index (χ0n) is 14.5. The van der Waals surface area contributed by atoms with Gasteiger partial charge in [0.1, 0.15) is 6.04 Å². The predicted molar refractivity (Wildman–Crippen MR) is 95.2 cm³/mol. The van der Waals surface area contributed by atoms with Crippen LogP contribution < -0.4 is 5.32 Å². The van der Waals surface area contributed by atoms with Crippen LogP contribution in [0.3, 0.4) is 0 Å². The number of hydrogen-bond donors (Lipinski definition) is 2. The van der Waals surface area contributed by atoms with Crippen LogP contribution >= 0.6 is 0 Å². The van der Waals surface area contributed by atoms with Crippen molar-refractivity contribution < 1.29 is 23.1 Å². The smallest absolute Gasteiger partial charge is 0.336 e. The molecule has 0 radical (unpaired) electrons. The zero-order chi connectivity index (χ0) is 18.6. The van der Waals surface area contributed by atoms with Crippen molar-refractivity contribution in [3.05, 3.63) is 29.3 Å². The van der Waals surface area contributed by atoms with E-state index in [1.807, 2.05) is 6.92 Å². The molecule has 0 aliphatic carbocycles.